The van der Waals surface area contributed by atoms with E-state index in [0.29, 0.717) is 17.3 Å². The van der Waals surface area contributed by atoms with Crippen LogP contribution in [0.4, 0.5) is 5.95 Å². The van der Waals surface area contributed by atoms with Crippen LogP contribution < -0.4 is 5.73 Å². The van der Waals surface area contributed by atoms with Crippen LogP contribution in [0.2, 0.25) is 0 Å². The highest BCUT2D eigenvalue weighted by Gasteiger charge is 2.55. The first-order valence-electron chi connectivity index (χ1n) is 8.42. The predicted octanol–water partition coefficient (Wildman–Crippen LogP) is 2.95. The van der Waals surface area contributed by atoms with Crippen LogP contribution in [-0.2, 0) is 6.54 Å². The van der Waals surface area contributed by atoms with Crippen molar-refractivity contribution in [3.05, 3.63) is 5.82 Å². The summed E-state index contributed by atoms with van der Waals surface area (Å²) in [6.07, 6.45) is 11.5. The lowest BCUT2D eigenvalue weighted by molar-refractivity contribution is -0.0746. The van der Waals surface area contributed by atoms with E-state index in [4.69, 9.17) is 5.73 Å². The fourth-order valence-corrected chi connectivity index (χ4v) is 6.55. The molecule has 4 fully saturated rings. The van der Waals surface area contributed by atoms with Crippen LogP contribution in [0.3, 0.4) is 0 Å². The molecule has 4 saturated carbocycles. The van der Waals surface area contributed by atoms with Crippen molar-refractivity contribution >= 4 is 5.95 Å². The summed E-state index contributed by atoms with van der Waals surface area (Å²) in [5.41, 5.74) is 6.42. The Balaban J connectivity index is 1.57. The van der Waals surface area contributed by atoms with Gasteiger partial charge in [-0.25, -0.2) is 4.68 Å². The van der Waals surface area contributed by atoms with Crippen LogP contribution in [0.25, 0.3) is 0 Å². The van der Waals surface area contributed by atoms with E-state index in [9.17, 15) is 0 Å². The number of hydrogen-bond acceptors (Lipinski definition) is 3. The van der Waals surface area contributed by atoms with Gasteiger partial charge in [0.2, 0.25) is 5.95 Å². The molecule has 2 heterocycles. The maximum Gasteiger partial charge on any atom is 0.239 e. The van der Waals surface area contributed by atoms with E-state index < -0.39 is 0 Å². The van der Waals surface area contributed by atoms with Gasteiger partial charge in [0, 0.05) is 12.5 Å². The highest BCUT2D eigenvalue weighted by molar-refractivity contribution is 5.21. The van der Waals surface area contributed by atoms with Gasteiger partial charge in [-0.3, -0.25) is 0 Å². The maximum atomic E-state index is 5.87. The van der Waals surface area contributed by atoms with Crippen molar-refractivity contribution < 1.29 is 0 Å². The highest BCUT2D eigenvalue weighted by atomic mass is 15.4. The topological polar surface area (TPSA) is 56.7 Å². The molecule has 4 nitrogen and oxygen atoms in total. The molecule has 4 bridgehead atoms. The molecule has 0 spiro atoms. The van der Waals surface area contributed by atoms with Crippen LogP contribution >= 0.6 is 0 Å². The molecule has 20 heavy (non-hydrogen) atoms. The van der Waals surface area contributed by atoms with Gasteiger partial charge in [0.15, 0.2) is 0 Å². The first kappa shape index (κ1) is 11.6. The molecule has 1 aliphatic heterocycles. The first-order chi connectivity index (χ1) is 9.72. The van der Waals surface area contributed by atoms with Gasteiger partial charge in [0.1, 0.15) is 5.82 Å². The minimum absolute atomic E-state index is 0.483. The average molecular weight is 272 g/mol. The van der Waals surface area contributed by atoms with Gasteiger partial charge in [0.25, 0.3) is 0 Å². The third-order valence-electron chi connectivity index (χ3n) is 6.72. The van der Waals surface area contributed by atoms with Gasteiger partial charge >= 0.3 is 0 Å². The zero-order valence-corrected chi connectivity index (χ0v) is 12.1. The second-order valence-electron chi connectivity index (χ2n) is 8.03. The Labute approximate surface area is 120 Å². The molecule has 0 aromatic carbocycles. The molecule has 1 aromatic rings. The maximum absolute atomic E-state index is 5.87. The lowest BCUT2D eigenvalue weighted by Crippen LogP contribution is -2.49. The van der Waals surface area contributed by atoms with Crippen LogP contribution in [0, 0.1) is 23.2 Å². The van der Waals surface area contributed by atoms with Crippen molar-refractivity contribution in [1.29, 1.82) is 0 Å². The molecule has 0 amide bonds. The van der Waals surface area contributed by atoms with Crippen LogP contribution in [0.5, 0.6) is 0 Å². The van der Waals surface area contributed by atoms with Gasteiger partial charge in [0.05, 0.1) is 0 Å². The number of aryl methyl sites for hydroxylation is 1. The van der Waals surface area contributed by atoms with E-state index in [0.717, 1.165) is 24.3 Å². The van der Waals surface area contributed by atoms with Gasteiger partial charge in [-0.15, -0.1) is 5.10 Å². The molecule has 2 N–H and O–H groups in total. The second-order valence-corrected chi connectivity index (χ2v) is 8.03. The third-order valence-corrected chi connectivity index (χ3v) is 6.72. The van der Waals surface area contributed by atoms with Crippen molar-refractivity contribution in [2.45, 2.75) is 63.8 Å². The van der Waals surface area contributed by atoms with Gasteiger partial charge < -0.3 is 5.73 Å². The summed E-state index contributed by atoms with van der Waals surface area (Å²) in [6.45, 7) is 1.02. The van der Waals surface area contributed by atoms with Crippen molar-refractivity contribution in [2.75, 3.05) is 5.73 Å². The summed E-state index contributed by atoms with van der Waals surface area (Å²) in [5, 5.41) is 4.41. The Morgan fingerprint density at radius 1 is 1.05 bits per heavy atom. The lowest BCUT2D eigenvalue weighted by atomic mass is 9.46. The number of anilines is 1. The summed E-state index contributed by atoms with van der Waals surface area (Å²) in [7, 11) is 0. The Morgan fingerprint density at radius 2 is 1.70 bits per heavy atom. The standard InChI is InChI=1S/C16H24N4/c17-15-18-14-13(2-1-3-20(14)19-15)16-7-10-4-11(8-16)6-12(5-10)9-16/h10-13H,1-9H2,(H2,17,19). The molecule has 4 heteroatoms. The van der Waals surface area contributed by atoms with Crippen LogP contribution in [-0.4, -0.2) is 14.8 Å². The van der Waals surface area contributed by atoms with Crippen LogP contribution in [0.1, 0.15) is 63.1 Å². The van der Waals surface area contributed by atoms with E-state index in [-0.39, 0.29) is 0 Å². The average Bonchev–Trinajstić information content (AvgIpc) is 2.76. The Bertz CT molecular complexity index is 511. The fourth-order valence-electron chi connectivity index (χ4n) is 6.55. The number of rotatable bonds is 1. The molecule has 1 atom stereocenters. The zero-order chi connectivity index (χ0) is 13.3. The predicted molar refractivity (Wildman–Crippen MR) is 77.0 cm³/mol. The monoisotopic (exact) mass is 272 g/mol. The Hall–Kier alpha value is -1.06. The second kappa shape index (κ2) is 3.77. The molecule has 1 aromatic heterocycles. The number of nitrogens with two attached hydrogens (primary N) is 1. The third kappa shape index (κ3) is 1.48. The SMILES string of the molecule is Nc1nc2n(n1)CCCC2C12CC3CC(CC(C3)C1)C2. The summed E-state index contributed by atoms with van der Waals surface area (Å²) in [6, 6.07) is 0. The van der Waals surface area contributed by atoms with Crippen molar-refractivity contribution in [3.8, 4) is 0 Å². The number of hydrogen-bond donors (Lipinski definition) is 1. The summed E-state index contributed by atoms with van der Waals surface area (Å²) in [4.78, 5) is 4.62. The Kier molecular flexibility index (Phi) is 2.19. The largest absolute Gasteiger partial charge is 0.366 e. The van der Waals surface area contributed by atoms with E-state index in [1.807, 2.05) is 0 Å². The number of aromatic nitrogens is 3. The molecule has 0 radical (unpaired) electrons. The summed E-state index contributed by atoms with van der Waals surface area (Å²) >= 11 is 0. The molecular formula is C16H24N4. The van der Waals surface area contributed by atoms with Crippen molar-refractivity contribution in [2.24, 2.45) is 23.2 Å². The smallest absolute Gasteiger partial charge is 0.239 e. The quantitative estimate of drug-likeness (QED) is 0.855. The van der Waals surface area contributed by atoms with E-state index >= 15 is 0 Å². The molecule has 5 aliphatic rings. The van der Waals surface area contributed by atoms with Crippen molar-refractivity contribution in [1.82, 2.24) is 14.8 Å². The highest BCUT2D eigenvalue weighted by Crippen LogP contribution is 2.65. The number of nitrogens with zero attached hydrogens (tertiary/aromatic N) is 3. The van der Waals surface area contributed by atoms with Gasteiger partial charge in [-0.2, -0.15) is 4.98 Å². The normalized spacial score (nSPS) is 45.6. The Morgan fingerprint density at radius 3 is 2.35 bits per heavy atom. The minimum Gasteiger partial charge on any atom is -0.366 e. The molecule has 0 saturated heterocycles. The van der Waals surface area contributed by atoms with Crippen LogP contribution in [0.15, 0.2) is 0 Å². The number of fused-ring (bicyclic) bond motifs is 1. The zero-order valence-electron chi connectivity index (χ0n) is 12.1. The lowest BCUT2D eigenvalue weighted by Gasteiger charge is -2.59. The van der Waals surface area contributed by atoms with Gasteiger partial charge in [-0.05, 0) is 74.5 Å². The summed E-state index contributed by atoms with van der Waals surface area (Å²) in [5.74, 6) is 5.37. The molecular weight excluding hydrogens is 248 g/mol. The minimum atomic E-state index is 0.483. The summed E-state index contributed by atoms with van der Waals surface area (Å²) < 4.78 is 2.11. The molecule has 6 rings (SSSR count). The van der Waals surface area contributed by atoms with E-state index in [1.54, 1.807) is 0 Å². The molecule has 4 aliphatic carbocycles. The number of nitrogen functional groups attached to an aromatic ring is 1. The fraction of sp³-hybridized carbons (Fsp3) is 0.875. The molecule has 108 valence electrons. The first-order valence-corrected chi connectivity index (χ1v) is 8.42. The van der Waals surface area contributed by atoms with E-state index in [1.165, 1.54) is 57.2 Å². The molecule has 1 unspecified atom stereocenters. The van der Waals surface area contributed by atoms with E-state index in [2.05, 4.69) is 14.8 Å². The van der Waals surface area contributed by atoms with Gasteiger partial charge in [-0.1, -0.05) is 0 Å². The van der Waals surface area contributed by atoms with Crippen molar-refractivity contribution in [3.63, 3.8) is 0 Å².